The molecule has 3 amide bonds. The zero-order chi connectivity index (χ0) is 20.4. The highest BCUT2D eigenvalue weighted by molar-refractivity contribution is 7.14. The van der Waals surface area contributed by atoms with Crippen LogP contribution in [0.25, 0.3) is 11.3 Å². The zero-order valence-electron chi connectivity index (χ0n) is 16.2. The number of thiazole rings is 1. The van der Waals surface area contributed by atoms with Crippen LogP contribution in [0.1, 0.15) is 32.1 Å². The summed E-state index contributed by atoms with van der Waals surface area (Å²) in [4.78, 5) is 43.0. The third kappa shape index (κ3) is 4.03. The van der Waals surface area contributed by atoms with Crippen LogP contribution in [-0.4, -0.2) is 41.3 Å². The van der Waals surface area contributed by atoms with Crippen LogP contribution in [0.15, 0.2) is 29.6 Å². The number of aromatic nitrogens is 1. The van der Waals surface area contributed by atoms with Crippen molar-refractivity contribution < 1.29 is 19.1 Å². The first kappa shape index (κ1) is 19.6. The number of likely N-dealkylation sites (tertiary alicyclic amines) is 1. The second-order valence-corrected chi connectivity index (χ2v) is 8.25. The van der Waals surface area contributed by atoms with Gasteiger partial charge >= 0.3 is 0 Å². The predicted octanol–water partition coefficient (Wildman–Crippen LogP) is 3.32. The minimum atomic E-state index is -0.254. The fraction of sp³-hybridized carbons (Fsp3) is 0.429. The van der Waals surface area contributed by atoms with Crippen molar-refractivity contribution in [3.63, 3.8) is 0 Å². The van der Waals surface area contributed by atoms with Crippen molar-refractivity contribution in [2.75, 3.05) is 19.0 Å². The normalized spacial score (nSPS) is 21.2. The summed E-state index contributed by atoms with van der Waals surface area (Å²) in [5.41, 5.74) is 1.69. The van der Waals surface area contributed by atoms with Crippen molar-refractivity contribution in [1.82, 2.24) is 9.88 Å². The molecule has 29 heavy (non-hydrogen) atoms. The highest BCUT2D eigenvalue weighted by atomic mass is 32.1. The molecule has 8 heteroatoms. The van der Waals surface area contributed by atoms with E-state index in [9.17, 15) is 14.4 Å². The summed E-state index contributed by atoms with van der Waals surface area (Å²) in [6.45, 7) is 0.132. The van der Waals surface area contributed by atoms with E-state index in [1.807, 2.05) is 29.6 Å². The summed E-state index contributed by atoms with van der Waals surface area (Å²) in [6, 6.07) is 7.52. The molecule has 7 nitrogen and oxygen atoms in total. The number of amides is 3. The van der Waals surface area contributed by atoms with Gasteiger partial charge in [-0.1, -0.05) is 12.8 Å². The molecule has 2 aliphatic rings. The standard InChI is InChI=1S/C21H23N3O4S/c1-28-14-8-6-13(7-9-14)17-12-29-21(22-17)23-18(25)10-11-24-19(26)15-4-2-3-5-16(15)20(24)27/h6-9,12,15-16H,2-5,10-11H2,1H3,(H,22,23,25)/t15-,16-/m1/s1. The Hall–Kier alpha value is -2.74. The molecule has 0 radical (unpaired) electrons. The Morgan fingerprint density at radius 3 is 2.45 bits per heavy atom. The van der Waals surface area contributed by atoms with Crippen molar-refractivity contribution in [1.29, 1.82) is 0 Å². The van der Waals surface area contributed by atoms with Crippen LogP contribution in [-0.2, 0) is 14.4 Å². The van der Waals surface area contributed by atoms with Gasteiger partial charge < -0.3 is 10.1 Å². The Bertz CT molecular complexity index is 900. The summed E-state index contributed by atoms with van der Waals surface area (Å²) in [6.07, 6.45) is 3.63. The number of nitrogens with one attached hydrogen (secondary N) is 1. The molecule has 152 valence electrons. The number of ether oxygens (including phenoxy) is 1. The van der Waals surface area contributed by atoms with Crippen molar-refractivity contribution in [2.24, 2.45) is 11.8 Å². The van der Waals surface area contributed by atoms with E-state index in [4.69, 9.17) is 4.74 Å². The van der Waals surface area contributed by atoms with Crippen molar-refractivity contribution in [3.05, 3.63) is 29.6 Å². The lowest BCUT2D eigenvalue weighted by molar-refractivity contribution is -0.140. The summed E-state index contributed by atoms with van der Waals surface area (Å²) < 4.78 is 5.15. The molecule has 2 atom stereocenters. The van der Waals surface area contributed by atoms with Crippen LogP contribution in [0, 0.1) is 11.8 Å². The molecule has 1 N–H and O–H groups in total. The molecule has 0 unspecified atom stereocenters. The number of hydrogen-bond donors (Lipinski definition) is 1. The lowest BCUT2D eigenvalue weighted by Gasteiger charge is -2.19. The Labute approximate surface area is 173 Å². The van der Waals surface area contributed by atoms with Gasteiger partial charge in [-0.25, -0.2) is 4.98 Å². The number of carbonyl (C=O) groups is 3. The maximum atomic E-state index is 12.5. The van der Waals surface area contributed by atoms with E-state index in [0.29, 0.717) is 5.13 Å². The first-order valence-electron chi connectivity index (χ1n) is 9.82. The third-order valence-corrected chi connectivity index (χ3v) is 6.39. The summed E-state index contributed by atoms with van der Waals surface area (Å²) in [5.74, 6) is -0.0535. The smallest absolute Gasteiger partial charge is 0.233 e. The van der Waals surface area contributed by atoms with Gasteiger partial charge in [-0.05, 0) is 37.1 Å². The van der Waals surface area contributed by atoms with E-state index < -0.39 is 0 Å². The van der Waals surface area contributed by atoms with Gasteiger partial charge in [-0.3, -0.25) is 19.3 Å². The van der Waals surface area contributed by atoms with E-state index in [0.717, 1.165) is 42.7 Å². The molecule has 4 rings (SSSR count). The Kier molecular flexibility index (Phi) is 5.62. The molecule has 0 spiro atoms. The fourth-order valence-electron chi connectivity index (χ4n) is 4.07. The minimum absolute atomic E-state index is 0.0777. The quantitative estimate of drug-likeness (QED) is 0.734. The second-order valence-electron chi connectivity index (χ2n) is 7.39. The molecule has 1 aromatic carbocycles. The lowest BCUT2D eigenvalue weighted by atomic mass is 9.81. The van der Waals surface area contributed by atoms with Crippen LogP contribution < -0.4 is 10.1 Å². The molecule has 2 aromatic rings. The number of carbonyl (C=O) groups excluding carboxylic acids is 3. The summed E-state index contributed by atoms with van der Waals surface area (Å²) in [5, 5.41) is 5.13. The van der Waals surface area contributed by atoms with Crippen molar-refractivity contribution in [3.8, 4) is 17.0 Å². The molecule has 1 aliphatic carbocycles. The molecule has 2 fully saturated rings. The van der Waals surface area contributed by atoms with E-state index in [1.54, 1.807) is 7.11 Å². The van der Waals surface area contributed by atoms with Gasteiger partial charge in [0.15, 0.2) is 5.13 Å². The predicted molar refractivity (Wildman–Crippen MR) is 110 cm³/mol. The maximum absolute atomic E-state index is 12.5. The lowest BCUT2D eigenvalue weighted by Crippen LogP contribution is -2.34. The molecule has 1 saturated carbocycles. The summed E-state index contributed by atoms with van der Waals surface area (Å²) in [7, 11) is 1.61. The monoisotopic (exact) mass is 413 g/mol. The average molecular weight is 413 g/mol. The Morgan fingerprint density at radius 1 is 1.17 bits per heavy atom. The van der Waals surface area contributed by atoms with Crippen molar-refractivity contribution in [2.45, 2.75) is 32.1 Å². The van der Waals surface area contributed by atoms with Gasteiger partial charge in [-0.15, -0.1) is 11.3 Å². The van der Waals surface area contributed by atoms with Crippen molar-refractivity contribution >= 4 is 34.2 Å². The van der Waals surface area contributed by atoms with Crippen LogP contribution in [0.5, 0.6) is 5.75 Å². The Balaban J connectivity index is 1.33. The molecule has 1 aromatic heterocycles. The number of anilines is 1. The van der Waals surface area contributed by atoms with E-state index >= 15 is 0 Å². The van der Waals surface area contributed by atoms with Gasteiger partial charge in [-0.2, -0.15) is 0 Å². The summed E-state index contributed by atoms with van der Waals surface area (Å²) >= 11 is 1.34. The van der Waals surface area contributed by atoms with Gasteiger partial charge in [0, 0.05) is 23.9 Å². The largest absolute Gasteiger partial charge is 0.497 e. The highest BCUT2D eigenvalue weighted by Gasteiger charge is 2.47. The first-order valence-corrected chi connectivity index (χ1v) is 10.7. The van der Waals surface area contributed by atoms with Gasteiger partial charge in [0.05, 0.1) is 24.6 Å². The van der Waals surface area contributed by atoms with E-state index in [1.165, 1.54) is 16.2 Å². The number of nitrogens with zero attached hydrogens (tertiary/aromatic N) is 2. The number of hydrogen-bond acceptors (Lipinski definition) is 6. The molecule has 2 heterocycles. The fourth-order valence-corrected chi connectivity index (χ4v) is 4.81. The highest BCUT2D eigenvalue weighted by Crippen LogP contribution is 2.38. The average Bonchev–Trinajstić information content (AvgIpc) is 3.30. The second kappa shape index (κ2) is 8.32. The SMILES string of the molecule is COc1ccc(-c2csc(NC(=O)CCN3C(=O)[C@@H]4CCCC[C@H]4C3=O)n2)cc1. The van der Waals surface area contributed by atoms with Gasteiger partial charge in [0.2, 0.25) is 17.7 Å². The number of benzene rings is 1. The molecule has 1 saturated heterocycles. The molecule has 0 bridgehead atoms. The number of fused-ring (bicyclic) bond motifs is 1. The number of rotatable bonds is 6. The Morgan fingerprint density at radius 2 is 1.83 bits per heavy atom. The van der Waals surface area contributed by atoms with E-state index in [2.05, 4.69) is 10.3 Å². The molecular formula is C21H23N3O4S. The molecule has 1 aliphatic heterocycles. The maximum Gasteiger partial charge on any atom is 0.233 e. The van der Waals surface area contributed by atoms with E-state index in [-0.39, 0.29) is 42.5 Å². The topological polar surface area (TPSA) is 88.6 Å². The van der Waals surface area contributed by atoms with Crippen LogP contribution in [0.4, 0.5) is 5.13 Å². The van der Waals surface area contributed by atoms with Crippen LogP contribution >= 0.6 is 11.3 Å². The first-order chi connectivity index (χ1) is 14.1. The number of methoxy groups -OCH3 is 1. The minimum Gasteiger partial charge on any atom is -0.497 e. The number of imide groups is 1. The van der Waals surface area contributed by atoms with Crippen LogP contribution in [0.2, 0.25) is 0 Å². The zero-order valence-corrected chi connectivity index (χ0v) is 17.0. The van der Waals surface area contributed by atoms with Gasteiger partial charge in [0.1, 0.15) is 5.75 Å². The van der Waals surface area contributed by atoms with Gasteiger partial charge in [0.25, 0.3) is 0 Å². The third-order valence-electron chi connectivity index (χ3n) is 5.63. The molecular weight excluding hydrogens is 390 g/mol. The van der Waals surface area contributed by atoms with Crippen LogP contribution in [0.3, 0.4) is 0 Å².